The SMILES string of the molecule is FC(F)(F)Sc1ccccc1Nc1ccccc1. The molecule has 0 amide bonds. The van der Waals surface area contributed by atoms with E-state index in [2.05, 4.69) is 5.32 Å². The lowest BCUT2D eigenvalue weighted by Crippen LogP contribution is -2.01. The van der Waals surface area contributed by atoms with Gasteiger partial charge in [-0.3, -0.25) is 0 Å². The highest BCUT2D eigenvalue weighted by Crippen LogP contribution is 2.40. The van der Waals surface area contributed by atoms with E-state index in [0.717, 1.165) is 5.69 Å². The number of nitrogens with one attached hydrogen (secondary N) is 1. The zero-order valence-corrected chi connectivity index (χ0v) is 10.1. The van der Waals surface area contributed by atoms with Gasteiger partial charge in [-0.25, -0.2) is 0 Å². The minimum Gasteiger partial charge on any atom is -0.355 e. The molecule has 1 N–H and O–H groups in total. The van der Waals surface area contributed by atoms with E-state index in [1.165, 1.54) is 6.07 Å². The second kappa shape index (κ2) is 5.35. The van der Waals surface area contributed by atoms with Gasteiger partial charge in [0, 0.05) is 10.6 Å². The zero-order valence-electron chi connectivity index (χ0n) is 9.24. The van der Waals surface area contributed by atoms with Gasteiger partial charge in [-0.05, 0) is 36.0 Å². The molecule has 2 aromatic rings. The number of benzene rings is 2. The third kappa shape index (κ3) is 3.70. The van der Waals surface area contributed by atoms with Gasteiger partial charge in [0.25, 0.3) is 0 Å². The lowest BCUT2D eigenvalue weighted by atomic mass is 10.3. The molecule has 0 aliphatic rings. The molecule has 18 heavy (non-hydrogen) atoms. The van der Waals surface area contributed by atoms with Crippen LogP contribution in [0.2, 0.25) is 0 Å². The predicted octanol–water partition coefficient (Wildman–Crippen LogP) is 5.04. The number of alkyl halides is 3. The van der Waals surface area contributed by atoms with Crippen LogP contribution >= 0.6 is 11.8 Å². The monoisotopic (exact) mass is 269 g/mol. The molecule has 5 heteroatoms. The second-order valence-corrected chi connectivity index (χ2v) is 4.64. The smallest absolute Gasteiger partial charge is 0.355 e. The van der Waals surface area contributed by atoms with E-state index in [4.69, 9.17) is 0 Å². The van der Waals surface area contributed by atoms with Crippen molar-refractivity contribution in [1.29, 1.82) is 0 Å². The second-order valence-electron chi connectivity index (χ2n) is 3.53. The Kier molecular flexibility index (Phi) is 3.81. The molecular formula is C13H10F3NS. The first-order valence-electron chi connectivity index (χ1n) is 5.21. The summed E-state index contributed by atoms with van der Waals surface area (Å²) in [7, 11) is 0. The molecule has 0 saturated carbocycles. The molecule has 0 aliphatic heterocycles. The van der Waals surface area contributed by atoms with Crippen LogP contribution in [0.4, 0.5) is 24.5 Å². The molecule has 94 valence electrons. The normalized spacial score (nSPS) is 11.3. The first-order chi connectivity index (χ1) is 8.54. The van der Waals surface area contributed by atoms with Crippen LogP contribution in [0.5, 0.6) is 0 Å². The molecule has 2 rings (SSSR count). The number of anilines is 2. The van der Waals surface area contributed by atoms with Gasteiger partial charge in [0.2, 0.25) is 0 Å². The van der Waals surface area contributed by atoms with Crippen molar-refractivity contribution in [3.8, 4) is 0 Å². The summed E-state index contributed by atoms with van der Waals surface area (Å²) in [5.74, 6) is 0. The Hall–Kier alpha value is -1.62. The van der Waals surface area contributed by atoms with Crippen LogP contribution in [-0.4, -0.2) is 5.51 Å². The molecular weight excluding hydrogens is 259 g/mol. The number of hydrogen-bond donors (Lipinski definition) is 1. The first kappa shape index (κ1) is 12.8. The van der Waals surface area contributed by atoms with E-state index in [1.54, 1.807) is 30.3 Å². The molecule has 0 aliphatic carbocycles. The number of para-hydroxylation sites is 2. The maximum Gasteiger partial charge on any atom is 0.446 e. The molecule has 1 nitrogen and oxygen atoms in total. The summed E-state index contributed by atoms with van der Waals surface area (Å²) in [5, 5.41) is 2.97. The lowest BCUT2D eigenvalue weighted by Gasteiger charge is -2.12. The molecule has 0 radical (unpaired) electrons. The fourth-order valence-corrected chi connectivity index (χ4v) is 2.09. The van der Waals surface area contributed by atoms with E-state index in [9.17, 15) is 13.2 Å². The molecule has 0 unspecified atom stereocenters. The highest BCUT2D eigenvalue weighted by atomic mass is 32.2. The third-order valence-corrected chi connectivity index (χ3v) is 2.97. The van der Waals surface area contributed by atoms with E-state index in [-0.39, 0.29) is 16.7 Å². The summed E-state index contributed by atoms with van der Waals surface area (Å²) in [6.45, 7) is 0. The Balaban J connectivity index is 2.23. The van der Waals surface area contributed by atoms with Crippen molar-refractivity contribution < 1.29 is 13.2 Å². The topological polar surface area (TPSA) is 12.0 Å². The van der Waals surface area contributed by atoms with Crippen molar-refractivity contribution >= 4 is 23.1 Å². The molecule has 2 aromatic carbocycles. The van der Waals surface area contributed by atoms with Gasteiger partial charge in [-0.15, -0.1) is 0 Å². The van der Waals surface area contributed by atoms with Crippen molar-refractivity contribution in [3.63, 3.8) is 0 Å². The average molecular weight is 269 g/mol. The molecule has 0 spiro atoms. The van der Waals surface area contributed by atoms with Crippen LogP contribution in [0.1, 0.15) is 0 Å². The summed E-state index contributed by atoms with van der Waals surface area (Å²) in [5.41, 5.74) is -3.08. The van der Waals surface area contributed by atoms with E-state index in [0.29, 0.717) is 5.69 Å². The van der Waals surface area contributed by atoms with Gasteiger partial charge in [-0.2, -0.15) is 13.2 Å². The van der Waals surface area contributed by atoms with Crippen LogP contribution in [0.15, 0.2) is 59.5 Å². The van der Waals surface area contributed by atoms with Crippen LogP contribution in [0, 0.1) is 0 Å². The first-order valence-corrected chi connectivity index (χ1v) is 6.03. The molecule has 0 heterocycles. The van der Waals surface area contributed by atoms with Crippen molar-refractivity contribution in [1.82, 2.24) is 0 Å². The maximum atomic E-state index is 12.4. The highest BCUT2D eigenvalue weighted by Gasteiger charge is 2.30. The van der Waals surface area contributed by atoms with Gasteiger partial charge in [-0.1, -0.05) is 30.3 Å². The standard InChI is InChI=1S/C13H10F3NS/c14-13(15,16)18-12-9-5-4-8-11(12)17-10-6-2-1-3-7-10/h1-9,17H. The van der Waals surface area contributed by atoms with Crippen LogP contribution in [-0.2, 0) is 0 Å². The van der Waals surface area contributed by atoms with E-state index < -0.39 is 5.51 Å². The summed E-state index contributed by atoms with van der Waals surface area (Å²) in [6, 6.07) is 15.5. The van der Waals surface area contributed by atoms with Crippen molar-refractivity contribution in [2.45, 2.75) is 10.4 Å². The van der Waals surface area contributed by atoms with E-state index in [1.807, 2.05) is 18.2 Å². The number of rotatable bonds is 3. The zero-order chi connectivity index (χ0) is 13.0. The maximum absolute atomic E-state index is 12.4. The third-order valence-electron chi connectivity index (χ3n) is 2.17. The van der Waals surface area contributed by atoms with Crippen molar-refractivity contribution in [3.05, 3.63) is 54.6 Å². The quantitative estimate of drug-likeness (QED) is 0.783. The Morgan fingerprint density at radius 2 is 1.44 bits per heavy atom. The largest absolute Gasteiger partial charge is 0.446 e. The van der Waals surface area contributed by atoms with Gasteiger partial charge in [0.1, 0.15) is 0 Å². The van der Waals surface area contributed by atoms with Gasteiger partial charge >= 0.3 is 5.51 Å². The molecule has 0 atom stereocenters. The Bertz CT molecular complexity index is 511. The Morgan fingerprint density at radius 1 is 0.833 bits per heavy atom. The van der Waals surface area contributed by atoms with Gasteiger partial charge < -0.3 is 5.32 Å². The molecule has 0 fully saturated rings. The summed E-state index contributed by atoms with van der Waals surface area (Å²) in [6.07, 6.45) is 0. The van der Waals surface area contributed by atoms with Gasteiger partial charge in [0.15, 0.2) is 0 Å². The fourth-order valence-electron chi connectivity index (χ4n) is 1.46. The highest BCUT2D eigenvalue weighted by molar-refractivity contribution is 8.00. The summed E-state index contributed by atoms with van der Waals surface area (Å²) < 4.78 is 37.2. The average Bonchev–Trinajstić information content (AvgIpc) is 2.31. The summed E-state index contributed by atoms with van der Waals surface area (Å²) in [4.78, 5) is 0.161. The Labute approximate surface area is 107 Å². The van der Waals surface area contributed by atoms with Crippen LogP contribution in [0.25, 0.3) is 0 Å². The fraction of sp³-hybridized carbons (Fsp3) is 0.0769. The van der Waals surface area contributed by atoms with Crippen LogP contribution in [0.3, 0.4) is 0 Å². The number of thioether (sulfide) groups is 1. The minimum atomic E-state index is -4.28. The Morgan fingerprint density at radius 3 is 2.11 bits per heavy atom. The predicted molar refractivity (Wildman–Crippen MR) is 68.1 cm³/mol. The number of halogens is 3. The number of hydrogen-bond acceptors (Lipinski definition) is 2. The van der Waals surface area contributed by atoms with Crippen LogP contribution < -0.4 is 5.32 Å². The minimum absolute atomic E-state index is 0.116. The van der Waals surface area contributed by atoms with E-state index >= 15 is 0 Å². The molecule has 0 aromatic heterocycles. The van der Waals surface area contributed by atoms with Gasteiger partial charge in [0.05, 0.1) is 5.69 Å². The summed E-state index contributed by atoms with van der Waals surface area (Å²) >= 11 is -0.116. The van der Waals surface area contributed by atoms with Crippen molar-refractivity contribution in [2.24, 2.45) is 0 Å². The van der Waals surface area contributed by atoms with Crippen molar-refractivity contribution in [2.75, 3.05) is 5.32 Å². The lowest BCUT2D eigenvalue weighted by molar-refractivity contribution is -0.0327. The molecule has 0 saturated heterocycles. The molecule has 0 bridgehead atoms.